The molecule has 0 aromatic heterocycles. The second-order valence-corrected chi connectivity index (χ2v) is 5.19. The Kier molecular flexibility index (Phi) is 4.74. The summed E-state index contributed by atoms with van der Waals surface area (Å²) in [6, 6.07) is 8.51. The summed E-state index contributed by atoms with van der Waals surface area (Å²) in [6.45, 7) is 8.49. The number of hydrogen-bond donors (Lipinski definition) is 2. The fourth-order valence-electron chi connectivity index (χ4n) is 1.95. The van der Waals surface area contributed by atoms with Crippen LogP contribution in [-0.2, 0) is 5.41 Å². The van der Waals surface area contributed by atoms with E-state index in [0.717, 1.165) is 6.42 Å². The number of nitrogens with two attached hydrogens (primary N) is 1. The maximum absolute atomic E-state index is 5.64. The molecule has 2 nitrogen and oxygen atoms in total. The van der Waals surface area contributed by atoms with Gasteiger partial charge >= 0.3 is 0 Å². The van der Waals surface area contributed by atoms with Crippen LogP contribution in [0, 0.1) is 11.8 Å². The predicted molar refractivity (Wildman–Crippen MR) is 73.3 cm³/mol. The van der Waals surface area contributed by atoms with Gasteiger partial charge in [0.25, 0.3) is 0 Å². The van der Waals surface area contributed by atoms with E-state index in [9.17, 15) is 0 Å². The van der Waals surface area contributed by atoms with Crippen LogP contribution in [0.25, 0.3) is 0 Å². The van der Waals surface area contributed by atoms with Crippen molar-refractivity contribution in [2.75, 3.05) is 0 Å². The van der Waals surface area contributed by atoms with Crippen molar-refractivity contribution >= 4 is 0 Å². The van der Waals surface area contributed by atoms with E-state index in [1.54, 1.807) is 0 Å². The van der Waals surface area contributed by atoms with Crippen molar-refractivity contribution < 1.29 is 0 Å². The SMILES string of the molecule is CC#CCC(NN)c1ccccc1C(C)(C)C. The highest BCUT2D eigenvalue weighted by molar-refractivity contribution is 5.35. The van der Waals surface area contributed by atoms with Crippen molar-refractivity contribution in [1.29, 1.82) is 0 Å². The molecule has 92 valence electrons. The highest BCUT2D eigenvalue weighted by Crippen LogP contribution is 2.30. The van der Waals surface area contributed by atoms with Crippen molar-refractivity contribution in [1.82, 2.24) is 5.43 Å². The van der Waals surface area contributed by atoms with Crippen LogP contribution in [0.15, 0.2) is 24.3 Å². The molecule has 1 unspecified atom stereocenters. The zero-order valence-corrected chi connectivity index (χ0v) is 11.2. The molecule has 0 bridgehead atoms. The first-order chi connectivity index (χ1) is 8.00. The average molecular weight is 230 g/mol. The van der Waals surface area contributed by atoms with E-state index in [1.165, 1.54) is 11.1 Å². The van der Waals surface area contributed by atoms with Crippen LogP contribution in [0.3, 0.4) is 0 Å². The van der Waals surface area contributed by atoms with E-state index >= 15 is 0 Å². The van der Waals surface area contributed by atoms with Crippen LogP contribution in [0.5, 0.6) is 0 Å². The molecule has 0 amide bonds. The molecular weight excluding hydrogens is 208 g/mol. The topological polar surface area (TPSA) is 38.0 Å². The predicted octanol–water partition coefficient (Wildman–Crippen LogP) is 2.90. The highest BCUT2D eigenvalue weighted by Gasteiger charge is 2.21. The molecule has 0 saturated carbocycles. The largest absolute Gasteiger partial charge is 0.271 e. The van der Waals surface area contributed by atoms with Crippen LogP contribution in [0.2, 0.25) is 0 Å². The number of hydrazine groups is 1. The molecule has 0 fully saturated rings. The fourth-order valence-corrected chi connectivity index (χ4v) is 1.95. The van der Waals surface area contributed by atoms with Gasteiger partial charge in [0.1, 0.15) is 0 Å². The molecule has 1 atom stereocenters. The zero-order valence-electron chi connectivity index (χ0n) is 11.2. The Balaban J connectivity index is 3.13. The Labute approximate surface area is 105 Å². The van der Waals surface area contributed by atoms with Gasteiger partial charge < -0.3 is 0 Å². The van der Waals surface area contributed by atoms with Gasteiger partial charge in [0.05, 0.1) is 6.04 Å². The third-order valence-corrected chi connectivity index (χ3v) is 2.83. The minimum atomic E-state index is 0.0953. The summed E-state index contributed by atoms with van der Waals surface area (Å²) in [7, 11) is 0. The summed E-state index contributed by atoms with van der Waals surface area (Å²) in [5, 5.41) is 0. The smallest absolute Gasteiger partial charge is 0.0572 e. The second-order valence-electron chi connectivity index (χ2n) is 5.19. The average Bonchev–Trinajstić information content (AvgIpc) is 2.29. The summed E-state index contributed by atoms with van der Waals surface area (Å²) in [5.74, 6) is 11.6. The van der Waals surface area contributed by atoms with Crippen LogP contribution in [0.1, 0.15) is 51.3 Å². The first-order valence-corrected chi connectivity index (χ1v) is 5.96. The second kappa shape index (κ2) is 5.86. The summed E-state index contributed by atoms with van der Waals surface area (Å²) in [4.78, 5) is 0. The van der Waals surface area contributed by atoms with Gasteiger partial charge in [0.15, 0.2) is 0 Å². The van der Waals surface area contributed by atoms with E-state index in [4.69, 9.17) is 5.84 Å². The Morgan fingerprint density at radius 2 is 1.94 bits per heavy atom. The van der Waals surface area contributed by atoms with Gasteiger partial charge in [-0.05, 0) is 23.5 Å². The Morgan fingerprint density at radius 3 is 2.47 bits per heavy atom. The maximum Gasteiger partial charge on any atom is 0.0572 e. The normalized spacial score (nSPS) is 12.8. The molecule has 0 saturated heterocycles. The fraction of sp³-hybridized carbons (Fsp3) is 0.467. The monoisotopic (exact) mass is 230 g/mol. The van der Waals surface area contributed by atoms with E-state index in [2.05, 4.69) is 56.2 Å². The maximum atomic E-state index is 5.64. The van der Waals surface area contributed by atoms with Crippen molar-refractivity contribution in [3.05, 3.63) is 35.4 Å². The molecule has 0 aliphatic carbocycles. The first-order valence-electron chi connectivity index (χ1n) is 5.96. The number of nitrogens with one attached hydrogen (secondary N) is 1. The third-order valence-electron chi connectivity index (χ3n) is 2.83. The van der Waals surface area contributed by atoms with Gasteiger partial charge in [-0.25, -0.2) is 0 Å². The standard InChI is InChI=1S/C15H22N2/c1-5-6-11-14(17-16)12-9-7-8-10-13(12)15(2,3)4/h7-10,14,17H,11,16H2,1-4H3. The Hall–Kier alpha value is -1.30. The number of rotatable bonds is 3. The van der Waals surface area contributed by atoms with E-state index in [1.807, 2.05) is 13.0 Å². The first kappa shape index (κ1) is 13.8. The van der Waals surface area contributed by atoms with E-state index in [-0.39, 0.29) is 11.5 Å². The summed E-state index contributed by atoms with van der Waals surface area (Å²) >= 11 is 0. The molecule has 1 aromatic rings. The van der Waals surface area contributed by atoms with Crippen LogP contribution >= 0.6 is 0 Å². The zero-order chi connectivity index (χ0) is 12.9. The quantitative estimate of drug-likeness (QED) is 0.476. The molecule has 0 spiro atoms. The summed E-state index contributed by atoms with van der Waals surface area (Å²) in [6.07, 6.45) is 0.736. The molecule has 1 rings (SSSR count). The minimum Gasteiger partial charge on any atom is -0.271 e. The summed E-state index contributed by atoms with van der Waals surface area (Å²) in [5.41, 5.74) is 5.54. The molecule has 0 aliphatic rings. The molecule has 2 heteroatoms. The summed E-state index contributed by atoms with van der Waals surface area (Å²) < 4.78 is 0. The molecule has 1 aromatic carbocycles. The Morgan fingerprint density at radius 1 is 1.29 bits per heavy atom. The van der Waals surface area contributed by atoms with Crippen LogP contribution in [-0.4, -0.2) is 0 Å². The van der Waals surface area contributed by atoms with Crippen molar-refractivity contribution in [2.45, 2.75) is 45.6 Å². The van der Waals surface area contributed by atoms with E-state index < -0.39 is 0 Å². The molecule has 0 aliphatic heterocycles. The van der Waals surface area contributed by atoms with Crippen LogP contribution in [0.4, 0.5) is 0 Å². The van der Waals surface area contributed by atoms with Crippen molar-refractivity contribution in [3.8, 4) is 11.8 Å². The lowest BCUT2D eigenvalue weighted by atomic mass is 9.81. The van der Waals surface area contributed by atoms with Gasteiger partial charge in [-0.2, -0.15) is 0 Å². The van der Waals surface area contributed by atoms with E-state index in [0.29, 0.717) is 0 Å². The lowest BCUT2D eigenvalue weighted by Crippen LogP contribution is -2.30. The number of benzene rings is 1. The highest BCUT2D eigenvalue weighted by atomic mass is 15.2. The molecule has 0 radical (unpaired) electrons. The molecule has 3 N–H and O–H groups in total. The van der Waals surface area contributed by atoms with Gasteiger partial charge in [-0.3, -0.25) is 11.3 Å². The molecular formula is C15H22N2. The lowest BCUT2D eigenvalue weighted by molar-refractivity contribution is 0.528. The third kappa shape index (κ3) is 3.59. The van der Waals surface area contributed by atoms with Gasteiger partial charge in [0.2, 0.25) is 0 Å². The van der Waals surface area contributed by atoms with Crippen LogP contribution < -0.4 is 11.3 Å². The number of hydrogen-bond acceptors (Lipinski definition) is 2. The van der Waals surface area contributed by atoms with Gasteiger partial charge in [-0.1, -0.05) is 45.0 Å². The van der Waals surface area contributed by atoms with Gasteiger partial charge in [0, 0.05) is 6.42 Å². The van der Waals surface area contributed by atoms with Crippen molar-refractivity contribution in [3.63, 3.8) is 0 Å². The lowest BCUT2D eigenvalue weighted by Gasteiger charge is -2.26. The van der Waals surface area contributed by atoms with Gasteiger partial charge in [-0.15, -0.1) is 11.8 Å². The molecule has 0 heterocycles. The molecule has 17 heavy (non-hydrogen) atoms. The minimum absolute atomic E-state index is 0.0953. The van der Waals surface area contributed by atoms with Crippen molar-refractivity contribution in [2.24, 2.45) is 5.84 Å². The Bertz CT molecular complexity index is 419.